The second-order valence-electron chi connectivity index (χ2n) is 4.72. The van der Waals surface area contributed by atoms with Crippen LogP contribution in [-0.2, 0) is 6.42 Å². The molecule has 1 unspecified atom stereocenters. The van der Waals surface area contributed by atoms with Gasteiger partial charge in [-0.05, 0) is 36.7 Å². The number of nitrogens with one attached hydrogen (secondary N) is 1. The van der Waals surface area contributed by atoms with Gasteiger partial charge in [-0.1, -0.05) is 30.7 Å². The predicted octanol–water partition coefficient (Wildman–Crippen LogP) is 4.65. The first-order chi connectivity index (χ1) is 10.0. The van der Waals surface area contributed by atoms with Crippen LogP contribution in [0.5, 0.6) is 0 Å². The maximum atomic E-state index is 14.0. The second kappa shape index (κ2) is 6.96. The van der Waals surface area contributed by atoms with Crippen molar-refractivity contribution < 1.29 is 13.2 Å². The monoisotopic (exact) mass is 313 g/mol. The molecular formula is C16H15ClF3N. The lowest BCUT2D eigenvalue weighted by molar-refractivity contribution is 0.495. The Morgan fingerprint density at radius 1 is 1.05 bits per heavy atom. The van der Waals surface area contributed by atoms with E-state index in [9.17, 15) is 13.2 Å². The number of benzene rings is 2. The summed E-state index contributed by atoms with van der Waals surface area (Å²) in [7, 11) is 0. The zero-order valence-electron chi connectivity index (χ0n) is 11.5. The van der Waals surface area contributed by atoms with E-state index in [0.717, 1.165) is 6.07 Å². The van der Waals surface area contributed by atoms with Crippen LogP contribution in [0.15, 0.2) is 36.4 Å². The van der Waals surface area contributed by atoms with Gasteiger partial charge in [0.2, 0.25) is 0 Å². The summed E-state index contributed by atoms with van der Waals surface area (Å²) in [5.41, 5.74) is 0.738. The fourth-order valence-corrected chi connectivity index (χ4v) is 2.39. The zero-order chi connectivity index (χ0) is 15.4. The standard InChI is InChI=1S/C16H15ClF3N/c1-2-21-16(13-6-4-11(17)8-15(13)20)7-10-3-5-12(18)9-14(10)19/h3-6,8-9,16,21H,2,7H2,1H3. The van der Waals surface area contributed by atoms with E-state index >= 15 is 0 Å². The van der Waals surface area contributed by atoms with Gasteiger partial charge in [0.05, 0.1) is 0 Å². The summed E-state index contributed by atoms with van der Waals surface area (Å²) in [6.07, 6.45) is 0.221. The summed E-state index contributed by atoms with van der Waals surface area (Å²) in [5.74, 6) is -1.71. The molecule has 2 rings (SSSR count). The number of hydrogen-bond acceptors (Lipinski definition) is 1. The third-order valence-electron chi connectivity index (χ3n) is 3.23. The topological polar surface area (TPSA) is 12.0 Å². The summed E-state index contributed by atoms with van der Waals surface area (Å²) in [6.45, 7) is 2.47. The minimum absolute atomic E-state index is 0.221. The molecule has 0 aliphatic heterocycles. The molecule has 0 aliphatic carbocycles. The third-order valence-corrected chi connectivity index (χ3v) is 3.46. The Labute approximate surface area is 126 Å². The van der Waals surface area contributed by atoms with E-state index in [-0.39, 0.29) is 6.42 Å². The van der Waals surface area contributed by atoms with Gasteiger partial charge in [-0.3, -0.25) is 0 Å². The van der Waals surface area contributed by atoms with Crippen molar-refractivity contribution in [3.05, 3.63) is 70.0 Å². The van der Waals surface area contributed by atoms with Gasteiger partial charge >= 0.3 is 0 Å². The lowest BCUT2D eigenvalue weighted by atomic mass is 9.98. The SMILES string of the molecule is CCNC(Cc1ccc(F)cc1F)c1ccc(Cl)cc1F. The highest BCUT2D eigenvalue weighted by atomic mass is 35.5. The molecule has 0 saturated heterocycles. The van der Waals surface area contributed by atoms with E-state index in [1.807, 2.05) is 6.92 Å². The minimum atomic E-state index is -0.632. The Bertz CT molecular complexity index is 631. The van der Waals surface area contributed by atoms with Gasteiger partial charge in [-0.25, -0.2) is 13.2 Å². The predicted molar refractivity (Wildman–Crippen MR) is 77.9 cm³/mol. The summed E-state index contributed by atoms with van der Waals surface area (Å²) in [5, 5.41) is 3.41. The zero-order valence-corrected chi connectivity index (χ0v) is 12.2. The highest BCUT2D eigenvalue weighted by Crippen LogP contribution is 2.25. The average Bonchev–Trinajstić information content (AvgIpc) is 2.41. The van der Waals surface area contributed by atoms with Gasteiger partial charge in [-0.2, -0.15) is 0 Å². The Morgan fingerprint density at radius 2 is 1.81 bits per heavy atom. The Hall–Kier alpha value is -1.52. The van der Waals surface area contributed by atoms with Crippen molar-refractivity contribution in [1.29, 1.82) is 0 Å². The molecule has 0 aliphatic rings. The van der Waals surface area contributed by atoms with E-state index in [2.05, 4.69) is 5.32 Å². The number of halogens is 4. The number of rotatable bonds is 5. The maximum absolute atomic E-state index is 14.0. The summed E-state index contributed by atoms with van der Waals surface area (Å²) in [6, 6.07) is 7.38. The van der Waals surface area contributed by atoms with Crippen molar-refractivity contribution in [2.45, 2.75) is 19.4 Å². The van der Waals surface area contributed by atoms with Crippen molar-refractivity contribution in [2.24, 2.45) is 0 Å². The van der Waals surface area contributed by atoms with E-state index in [0.29, 0.717) is 22.7 Å². The van der Waals surface area contributed by atoms with Crippen LogP contribution in [0.1, 0.15) is 24.1 Å². The Morgan fingerprint density at radius 3 is 2.43 bits per heavy atom. The molecule has 0 aromatic heterocycles. The van der Waals surface area contributed by atoms with Crippen LogP contribution in [0.3, 0.4) is 0 Å². The number of hydrogen-bond donors (Lipinski definition) is 1. The van der Waals surface area contributed by atoms with Crippen LogP contribution in [0, 0.1) is 17.5 Å². The van der Waals surface area contributed by atoms with Crippen LogP contribution in [0.25, 0.3) is 0 Å². The molecule has 1 N–H and O–H groups in total. The minimum Gasteiger partial charge on any atom is -0.310 e. The van der Waals surface area contributed by atoms with E-state index in [1.54, 1.807) is 12.1 Å². The molecule has 21 heavy (non-hydrogen) atoms. The molecule has 0 radical (unpaired) electrons. The van der Waals surface area contributed by atoms with E-state index < -0.39 is 23.5 Å². The molecule has 0 fully saturated rings. The van der Waals surface area contributed by atoms with Gasteiger partial charge in [0, 0.05) is 22.7 Å². The second-order valence-corrected chi connectivity index (χ2v) is 5.15. The van der Waals surface area contributed by atoms with Crippen LogP contribution in [0.4, 0.5) is 13.2 Å². The lowest BCUT2D eigenvalue weighted by Crippen LogP contribution is -2.24. The fourth-order valence-electron chi connectivity index (χ4n) is 2.23. The van der Waals surface area contributed by atoms with Crippen molar-refractivity contribution >= 4 is 11.6 Å². The largest absolute Gasteiger partial charge is 0.310 e. The first kappa shape index (κ1) is 15.9. The highest BCUT2D eigenvalue weighted by molar-refractivity contribution is 6.30. The molecule has 2 aromatic carbocycles. The van der Waals surface area contributed by atoms with Gasteiger partial charge in [0.15, 0.2) is 0 Å². The smallest absolute Gasteiger partial charge is 0.129 e. The molecule has 0 bridgehead atoms. The Balaban J connectivity index is 2.30. The molecule has 2 aromatic rings. The van der Waals surface area contributed by atoms with Crippen LogP contribution < -0.4 is 5.32 Å². The molecule has 1 atom stereocenters. The molecule has 0 amide bonds. The molecule has 0 heterocycles. The van der Waals surface area contributed by atoms with Crippen molar-refractivity contribution in [3.63, 3.8) is 0 Å². The van der Waals surface area contributed by atoms with Crippen LogP contribution in [-0.4, -0.2) is 6.54 Å². The first-order valence-corrected chi connectivity index (χ1v) is 7.01. The summed E-state index contributed by atoms with van der Waals surface area (Å²) >= 11 is 5.74. The van der Waals surface area contributed by atoms with Gasteiger partial charge in [-0.15, -0.1) is 0 Å². The van der Waals surface area contributed by atoms with Crippen molar-refractivity contribution in [3.8, 4) is 0 Å². The van der Waals surface area contributed by atoms with Crippen LogP contribution >= 0.6 is 11.6 Å². The quantitative estimate of drug-likeness (QED) is 0.847. The maximum Gasteiger partial charge on any atom is 0.129 e. The molecule has 1 nitrogen and oxygen atoms in total. The fraction of sp³-hybridized carbons (Fsp3) is 0.250. The summed E-state index contributed by atoms with van der Waals surface area (Å²) < 4.78 is 40.7. The van der Waals surface area contributed by atoms with E-state index in [1.165, 1.54) is 18.2 Å². The third kappa shape index (κ3) is 3.99. The molecule has 5 heteroatoms. The first-order valence-electron chi connectivity index (χ1n) is 6.63. The van der Waals surface area contributed by atoms with Crippen molar-refractivity contribution in [2.75, 3.05) is 6.54 Å². The molecule has 0 saturated carbocycles. The molecule has 112 valence electrons. The van der Waals surface area contributed by atoms with Gasteiger partial charge < -0.3 is 5.32 Å². The molecular weight excluding hydrogens is 299 g/mol. The van der Waals surface area contributed by atoms with E-state index in [4.69, 9.17) is 11.6 Å². The van der Waals surface area contributed by atoms with Gasteiger partial charge in [0.1, 0.15) is 17.5 Å². The lowest BCUT2D eigenvalue weighted by Gasteiger charge is -2.19. The summed E-state index contributed by atoms with van der Waals surface area (Å²) in [4.78, 5) is 0. The van der Waals surface area contributed by atoms with Crippen molar-refractivity contribution in [1.82, 2.24) is 5.32 Å². The highest BCUT2D eigenvalue weighted by Gasteiger charge is 2.17. The normalized spacial score (nSPS) is 12.4. The van der Waals surface area contributed by atoms with Gasteiger partial charge in [0.25, 0.3) is 0 Å². The number of likely N-dealkylation sites (N-methyl/N-ethyl adjacent to an activating group) is 1. The molecule has 0 spiro atoms. The average molecular weight is 314 g/mol. The Kier molecular flexibility index (Phi) is 5.26. The van der Waals surface area contributed by atoms with Crippen LogP contribution in [0.2, 0.25) is 5.02 Å².